The highest BCUT2D eigenvalue weighted by Gasteiger charge is 2.36. The van der Waals surface area contributed by atoms with Crippen LogP contribution in [-0.4, -0.2) is 47.9 Å². The molecule has 0 aliphatic carbocycles. The number of amides is 2. The SMILES string of the molecule is COc1ccccc1C(=O)NCCSCC1=NC(=O)C2C(=N1)SC(C)=C2C. The number of fused-ring (bicyclic) bond motifs is 1. The van der Waals surface area contributed by atoms with Crippen LogP contribution in [0.5, 0.6) is 5.75 Å². The third-order valence-corrected chi connectivity index (χ3v) is 6.45. The van der Waals surface area contributed by atoms with Gasteiger partial charge in [-0.15, -0.1) is 0 Å². The van der Waals surface area contributed by atoms with E-state index in [4.69, 9.17) is 4.74 Å². The van der Waals surface area contributed by atoms with Gasteiger partial charge in [0.2, 0.25) is 0 Å². The first kappa shape index (κ1) is 19.7. The molecule has 0 bridgehead atoms. The Morgan fingerprint density at radius 2 is 2.07 bits per heavy atom. The molecule has 2 aliphatic heterocycles. The number of allylic oxidation sites excluding steroid dienone is 1. The zero-order valence-electron chi connectivity index (χ0n) is 15.4. The van der Waals surface area contributed by atoms with Crippen LogP contribution in [0.15, 0.2) is 44.7 Å². The maximum absolute atomic E-state index is 12.2. The fraction of sp³-hybridized carbons (Fsp3) is 0.368. The molecule has 0 spiro atoms. The molecule has 0 radical (unpaired) electrons. The van der Waals surface area contributed by atoms with Gasteiger partial charge in [-0.05, 0) is 36.5 Å². The Bertz CT molecular complexity index is 862. The lowest BCUT2D eigenvalue weighted by Gasteiger charge is -2.14. The first-order chi connectivity index (χ1) is 13.0. The molecule has 3 rings (SSSR count). The number of thioether (sulfide) groups is 2. The topological polar surface area (TPSA) is 80.1 Å². The number of benzene rings is 1. The quantitative estimate of drug-likeness (QED) is 0.708. The fourth-order valence-electron chi connectivity index (χ4n) is 2.80. The number of rotatable bonds is 7. The maximum atomic E-state index is 12.2. The number of carbonyl (C=O) groups excluding carboxylic acids is 2. The Hall–Kier alpha value is -2.06. The number of ether oxygens (including phenoxy) is 1. The van der Waals surface area contributed by atoms with Crippen LogP contribution in [0.2, 0.25) is 0 Å². The van der Waals surface area contributed by atoms with Gasteiger partial charge in [0.25, 0.3) is 11.8 Å². The van der Waals surface area contributed by atoms with Gasteiger partial charge in [0.05, 0.1) is 23.5 Å². The zero-order valence-corrected chi connectivity index (χ0v) is 17.1. The van der Waals surface area contributed by atoms with Crippen molar-refractivity contribution >= 4 is 46.2 Å². The molecule has 6 nitrogen and oxygen atoms in total. The number of hydrogen-bond donors (Lipinski definition) is 1. The van der Waals surface area contributed by atoms with Gasteiger partial charge in [-0.3, -0.25) is 9.59 Å². The van der Waals surface area contributed by atoms with Crippen LogP contribution in [0, 0.1) is 5.92 Å². The van der Waals surface area contributed by atoms with E-state index >= 15 is 0 Å². The summed E-state index contributed by atoms with van der Waals surface area (Å²) >= 11 is 3.15. The monoisotopic (exact) mass is 403 g/mol. The van der Waals surface area contributed by atoms with Gasteiger partial charge in [-0.25, -0.2) is 4.99 Å². The van der Waals surface area contributed by atoms with Crippen molar-refractivity contribution in [2.75, 3.05) is 25.2 Å². The molecule has 1 atom stereocenters. The highest BCUT2D eigenvalue weighted by atomic mass is 32.2. The minimum Gasteiger partial charge on any atom is -0.496 e. The minimum absolute atomic E-state index is 0.123. The van der Waals surface area contributed by atoms with Crippen molar-refractivity contribution in [1.29, 1.82) is 0 Å². The first-order valence-corrected chi connectivity index (χ1v) is 10.5. The van der Waals surface area contributed by atoms with Crippen LogP contribution >= 0.6 is 23.5 Å². The molecule has 2 amide bonds. The second-order valence-corrected chi connectivity index (χ2v) is 8.44. The summed E-state index contributed by atoms with van der Waals surface area (Å²) in [4.78, 5) is 34.3. The second-order valence-electron chi connectivity index (χ2n) is 6.10. The molecule has 8 heteroatoms. The molecule has 0 saturated heterocycles. The van der Waals surface area contributed by atoms with Crippen LogP contribution in [0.3, 0.4) is 0 Å². The van der Waals surface area contributed by atoms with E-state index in [2.05, 4.69) is 15.3 Å². The van der Waals surface area contributed by atoms with Crippen molar-refractivity contribution in [3.63, 3.8) is 0 Å². The molecule has 1 aromatic rings. The van der Waals surface area contributed by atoms with E-state index in [1.807, 2.05) is 19.9 Å². The number of hydrogen-bond acceptors (Lipinski definition) is 6. The van der Waals surface area contributed by atoms with Crippen LogP contribution in [0.4, 0.5) is 0 Å². The number of nitrogens with one attached hydrogen (secondary N) is 1. The van der Waals surface area contributed by atoms with E-state index in [-0.39, 0.29) is 17.7 Å². The summed E-state index contributed by atoms with van der Waals surface area (Å²) in [5.41, 5.74) is 1.57. The summed E-state index contributed by atoms with van der Waals surface area (Å²) in [6.07, 6.45) is 0. The fourth-order valence-corrected chi connectivity index (χ4v) is 4.64. The van der Waals surface area contributed by atoms with Gasteiger partial charge in [0.15, 0.2) is 0 Å². The van der Waals surface area contributed by atoms with Gasteiger partial charge < -0.3 is 10.1 Å². The van der Waals surface area contributed by atoms with E-state index in [0.717, 1.165) is 15.5 Å². The van der Waals surface area contributed by atoms with Crippen LogP contribution in [0.25, 0.3) is 0 Å². The lowest BCUT2D eigenvalue weighted by atomic mass is 10.0. The molecule has 1 N–H and O–H groups in total. The average molecular weight is 404 g/mol. The maximum Gasteiger partial charge on any atom is 0.261 e. The van der Waals surface area contributed by atoms with Crippen molar-refractivity contribution in [2.45, 2.75) is 13.8 Å². The molecule has 0 saturated carbocycles. The summed E-state index contributed by atoms with van der Waals surface area (Å²) in [7, 11) is 1.54. The molecular weight excluding hydrogens is 382 g/mol. The van der Waals surface area contributed by atoms with Crippen LogP contribution in [-0.2, 0) is 4.79 Å². The summed E-state index contributed by atoms with van der Waals surface area (Å²) < 4.78 is 5.20. The number of para-hydroxylation sites is 1. The number of nitrogens with zero attached hydrogens (tertiary/aromatic N) is 2. The molecule has 1 aromatic carbocycles. The predicted molar refractivity (Wildman–Crippen MR) is 112 cm³/mol. The zero-order chi connectivity index (χ0) is 19.4. The van der Waals surface area contributed by atoms with Gasteiger partial charge in [-0.2, -0.15) is 16.8 Å². The van der Waals surface area contributed by atoms with E-state index < -0.39 is 0 Å². The number of amidine groups is 1. The van der Waals surface area contributed by atoms with Crippen LogP contribution < -0.4 is 10.1 Å². The third kappa shape index (κ3) is 4.44. The summed E-state index contributed by atoms with van der Waals surface area (Å²) in [6.45, 7) is 4.48. The standard InChI is InChI=1S/C19H21N3O3S2/c1-11-12(2)27-19-16(11)18(24)21-15(22-19)10-26-9-8-20-17(23)13-6-4-5-7-14(13)25-3/h4-7,16H,8-10H2,1-3H3,(H,20,23). The Balaban J connectivity index is 1.45. The van der Waals surface area contributed by atoms with Gasteiger partial charge in [0.1, 0.15) is 17.5 Å². The second kappa shape index (κ2) is 8.75. The van der Waals surface area contributed by atoms with Crippen molar-refractivity contribution in [1.82, 2.24) is 5.32 Å². The molecule has 2 heterocycles. The molecule has 27 heavy (non-hydrogen) atoms. The van der Waals surface area contributed by atoms with E-state index in [1.165, 1.54) is 0 Å². The molecular formula is C19H21N3O3S2. The van der Waals surface area contributed by atoms with Gasteiger partial charge in [-0.1, -0.05) is 23.9 Å². The predicted octanol–water partition coefficient (Wildman–Crippen LogP) is 3.15. The summed E-state index contributed by atoms with van der Waals surface area (Å²) in [5, 5.41) is 3.71. The lowest BCUT2D eigenvalue weighted by Crippen LogP contribution is -2.27. The molecule has 2 aliphatic rings. The van der Waals surface area contributed by atoms with Crippen molar-refractivity contribution in [3.8, 4) is 5.75 Å². The van der Waals surface area contributed by atoms with Crippen molar-refractivity contribution < 1.29 is 14.3 Å². The highest BCUT2D eigenvalue weighted by Crippen LogP contribution is 2.40. The summed E-state index contributed by atoms with van der Waals surface area (Å²) in [5.74, 6) is 1.79. The Morgan fingerprint density at radius 1 is 1.30 bits per heavy atom. The summed E-state index contributed by atoms with van der Waals surface area (Å²) in [6, 6.07) is 7.11. The van der Waals surface area contributed by atoms with Crippen LogP contribution in [0.1, 0.15) is 24.2 Å². The Kier molecular flexibility index (Phi) is 6.38. The van der Waals surface area contributed by atoms with Gasteiger partial charge >= 0.3 is 0 Å². The number of carbonyl (C=O) groups is 2. The number of aliphatic imine (C=N–C) groups is 2. The largest absolute Gasteiger partial charge is 0.496 e. The molecule has 1 unspecified atom stereocenters. The van der Waals surface area contributed by atoms with Crippen molar-refractivity contribution in [2.24, 2.45) is 15.9 Å². The normalized spacial score (nSPS) is 18.8. The number of methoxy groups -OCH3 is 1. The Labute approximate surface area is 166 Å². The average Bonchev–Trinajstić information content (AvgIpc) is 2.95. The highest BCUT2D eigenvalue weighted by molar-refractivity contribution is 8.17. The lowest BCUT2D eigenvalue weighted by molar-refractivity contribution is -0.118. The smallest absolute Gasteiger partial charge is 0.261 e. The van der Waals surface area contributed by atoms with E-state index in [9.17, 15) is 9.59 Å². The van der Waals surface area contributed by atoms with E-state index in [1.54, 1.807) is 48.8 Å². The van der Waals surface area contributed by atoms with E-state index in [0.29, 0.717) is 35.2 Å². The molecule has 0 fully saturated rings. The molecule has 142 valence electrons. The molecule has 0 aromatic heterocycles. The first-order valence-electron chi connectivity index (χ1n) is 8.55. The Morgan fingerprint density at radius 3 is 2.85 bits per heavy atom. The van der Waals surface area contributed by atoms with Gasteiger partial charge in [0, 0.05) is 12.3 Å². The van der Waals surface area contributed by atoms with Crippen molar-refractivity contribution in [3.05, 3.63) is 40.3 Å². The minimum atomic E-state index is -0.274. The third-order valence-electron chi connectivity index (χ3n) is 4.33.